The standard InChI is InChI=1S/C15H16N2O2/c1-4-12-7-11(3)16-9-14(12)13-6-5-10(2)15(8-13)17(18)19/h5-9H,4H2,1-3H3. The number of nitrogens with zero attached hydrogens (tertiary/aromatic N) is 2. The van der Waals surface area contributed by atoms with Gasteiger partial charge in [-0.15, -0.1) is 0 Å². The first kappa shape index (κ1) is 13.2. The molecule has 0 unspecified atom stereocenters. The van der Waals surface area contributed by atoms with Crippen LogP contribution in [0.3, 0.4) is 0 Å². The van der Waals surface area contributed by atoms with Crippen LogP contribution in [0, 0.1) is 24.0 Å². The Morgan fingerprint density at radius 1 is 1.26 bits per heavy atom. The Kier molecular flexibility index (Phi) is 3.60. The monoisotopic (exact) mass is 256 g/mol. The Balaban J connectivity index is 2.59. The molecule has 0 bridgehead atoms. The molecule has 0 aliphatic carbocycles. The molecule has 0 aliphatic heterocycles. The van der Waals surface area contributed by atoms with E-state index in [2.05, 4.69) is 11.9 Å². The van der Waals surface area contributed by atoms with Crippen LogP contribution in [0.2, 0.25) is 0 Å². The first-order chi connectivity index (χ1) is 9.02. The summed E-state index contributed by atoms with van der Waals surface area (Å²) in [5.74, 6) is 0. The van der Waals surface area contributed by atoms with E-state index in [9.17, 15) is 10.1 Å². The number of pyridine rings is 1. The Labute approximate surface area is 112 Å². The summed E-state index contributed by atoms with van der Waals surface area (Å²) in [5, 5.41) is 11.0. The lowest BCUT2D eigenvalue weighted by Gasteiger charge is -2.09. The van der Waals surface area contributed by atoms with E-state index < -0.39 is 0 Å². The average molecular weight is 256 g/mol. The maximum atomic E-state index is 11.0. The van der Waals surface area contributed by atoms with E-state index in [0.717, 1.165) is 28.8 Å². The summed E-state index contributed by atoms with van der Waals surface area (Å²) in [6, 6.07) is 7.35. The van der Waals surface area contributed by atoms with Gasteiger partial charge in [0.1, 0.15) is 0 Å². The number of nitro groups is 1. The second-order valence-electron chi connectivity index (χ2n) is 4.59. The predicted molar refractivity (Wildman–Crippen MR) is 75.2 cm³/mol. The molecule has 0 amide bonds. The molecule has 0 aliphatic rings. The lowest BCUT2D eigenvalue weighted by atomic mass is 9.98. The van der Waals surface area contributed by atoms with Crippen LogP contribution in [-0.2, 0) is 6.42 Å². The maximum absolute atomic E-state index is 11.0. The highest BCUT2D eigenvalue weighted by Crippen LogP contribution is 2.29. The van der Waals surface area contributed by atoms with Crippen molar-refractivity contribution < 1.29 is 4.92 Å². The van der Waals surface area contributed by atoms with Gasteiger partial charge in [-0.3, -0.25) is 15.1 Å². The molecule has 2 aromatic rings. The number of hydrogen-bond acceptors (Lipinski definition) is 3. The predicted octanol–water partition coefficient (Wildman–Crippen LogP) is 3.84. The summed E-state index contributed by atoms with van der Waals surface area (Å²) >= 11 is 0. The minimum Gasteiger partial charge on any atom is -0.261 e. The second-order valence-corrected chi connectivity index (χ2v) is 4.59. The fourth-order valence-corrected chi connectivity index (χ4v) is 2.14. The molecule has 1 aromatic heterocycles. The quantitative estimate of drug-likeness (QED) is 0.619. The van der Waals surface area contributed by atoms with Crippen molar-refractivity contribution in [2.75, 3.05) is 0 Å². The minimum absolute atomic E-state index is 0.153. The molecule has 0 atom stereocenters. The van der Waals surface area contributed by atoms with Gasteiger partial charge < -0.3 is 0 Å². The summed E-state index contributed by atoms with van der Waals surface area (Å²) < 4.78 is 0. The summed E-state index contributed by atoms with van der Waals surface area (Å²) in [5.41, 5.74) is 4.76. The van der Waals surface area contributed by atoms with Gasteiger partial charge in [0.05, 0.1) is 4.92 Å². The van der Waals surface area contributed by atoms with Crippen molar-refractivity contribution in [2.45, 2.75) is 27.2 Å². The van der Waals surface area contributed by atoms with Crippen LogP contribution in [0.15, 0.2) is 30.5 Å². The van der Waals surface area contributed by atoms with E-state index in [1.807, 2.05) is 19.1 Å². The molecule has 19 heavy (non-hydrogen) atoms. The van der Waals surface area contributed by atoms with Crippen molar-refractivity contribution in [1.82, 2.24) is 4.98 Å². The van der Waals surface area contributed by atoms with E-state index in [1.165, 1.54) is 0 Å². The van der Waals surface area contributed by atoms with E-state index >= 15 is 0 Å². The third-order valence-corrected chi connectivity index (χ3v) is 3.22. The first-order valence-electron chi connectivity index (χ1n) is 6.24. The maximum Gasteiger partial charge on any atom is 0.272 e. The molecule has 0 radical (unpaired) electrons. The molecule has 1 heterocycles. The summed E-state index contributed by atoms with van der Waals surface area (Å²) in [6.45, 7) is 5.76. The number of nitro benzene ring substituents is 1. The van der Waals surface area contributed by atoms with Gasteiger partial charge in [0.15, 0.2) is 0 Å². The molecule has 2 rings (SSSR count). The van der Waals surface area contributed by atoms with Crippen LogP contribution in [0.25, 0.3) is 11.1 Å². The highest BCUT2D eigenvalue weighted by molar-refractivity contribution is 5.70. The number of hydrogen-bond donors (Lipinski definition) is 0. The summed E-state index contributed by atoms with van der Waals surface area (Å²) in [4.78, 5) is 15.0. The number of aromatic nitrogens is 1. The number of benzene rings is 1. The molecule has 0 fully saturated rings. The molecule has 0 spiro atoms. The van der Waals surface area contributed by atoms with Crippen LogP contribution in [0.5, 0.6) is 0 Å². The Hall–Kier alpha value is -2.23. The number of rotatable bonds is 3. The molecule has 4 heteroatoms. The van der Waals surface area contributed by atoms with Gasteiger partial charge in [0.25, 0.3) is 5.69 Å². The van der Waals surface area contributed by atoms with Crippen LogP contribution in [0.1, 0.15) is 23.7 Å². The molecule has 0 saturated carbocycles. The lowest BCUT2D eigenvalue weighted by Crippen LogP contribution is -1.95. The third-order valence-electron chi connectivity index (χ3n) is 3.22. The van der Waals surface area contributed by atoms with Crippen LogP contribution < -0.4 is 0 Å². The van der Waals surface area contributed by atoms with Crippen molar-refractivity contribution in [2.24, 2.45) is 0 Å². The van der Waals surface area contributed by atoms with Crippen molar-refractivity contribution in [3.8, 4) is 11.1 Å². The molecule has 0 N–H and O–H groups in total. The van der Waals surface area contributed by atoms with Gasteiger partial charge in [-0.2, -0.15) is 0 Å². The molecule has 0 saturated heterocycles. The van der Waals surface area contributed by atoms with Gasteiger partial charge in [-0.05, 0) is 37.5 Å². The third kappa shape index (κ3) is 2.62. The van der Waals surface area contributed by atoms with Gasteiger partial charge in [0.2, 0.25) is 0 Å². The zero-order valence-corrected chi connectivity index (χ0v) is 11.3. The van der Waals surface area contributed by atoms with Gasteiger partial charge >= 0.3 is 0 Å². The van der Waals surface area contributed by atoms with Crippen molar-refractivity contribution in [3.63, 3.8) is 0 Å². The first-order valence-corrected chi connectivity index (χ1v) is 6.24. The normalized spacial score (nSPS) is 10.5. The molecule has 1 aromatic carbocycles. The van der Waals surface area contributed by atoms with Gasteiger partial charge in [-0.1, -0.05) is 19.1 Å². The smallest absolute Gasteiger partial charge is 0.261 e. The Bertz CT molecular complexity index is 636. The molecular formula is C15H16N2O2. The number of aryl methyl sites for hydroxylation is 3. The Morgan fingerprint density at radius 3 is 2.63 bits per heavy atom. The highest BCUT2D eigenvalue weighted by Gasteiger charge is 2.13. The average Bonchev–Trinajstić information content (AvgIpc) is 2.39. The van der Waals surface area contributed by atoms with Crippen LogP contribution in [0.4, 0.5) is 5.69 Å². The largest absolute Gasteiger partial charge is 0.272 e. The van der Waals surface area contributed by atoms with Crippen molar-refractivity contribution in [1.29, 1.82) is 0 Å². The molecule has 98 valence electrons. The van der Waals surface area contributed by atoms with Crippen molar-refractivity contribution >= 4 is 5.69 Å². The SMILES string of the molecule is CCc1cc(C)ncc1-c1ccc(C)c([N+](=O)[O-])c1. The van der Waals surface area contributed by atoms with E-state index in [1.54, 1.807) is 25.3 Å². The fourth-order valence-electron chi connectivity index (χ4n) is 2.14. The van der Waals surface area contributed by atoms with Crippen LogP contribution in [-0.4, -0.2) is 9.91 Å². The van der Waals surface area contributed by atoms with E-state index in [4.69, 9.17) is 0 Å². The lowest BCUT2D eigenvalue weighted by molar-refractivity contribution is -0.385. The summed E-state index contributed by atoms with van der Waals surface area (Å²) in [7, 11) is 0. The van der Waals surface area contributed by atoms with Gasteiger partial charge in [0, 0.05) is 29.1 Å². The van der Waals surface area contributed by atoms with E-state index in [-0.39, 0.29) is 10.6 Å². The summed E-state index contributed by atoms with van der Waals surface area (Å²) in [6.07, 6.45) is 2.67. The Morgan fingerprint density at radius 2 is 2.00 bits per heavy atom. The van der Waals surface area contributed by atoms with Gasteiger partial charge in [-0.25, -0.2) is 0 Å². The second kappa shape index (κ2) is 5.18. The molecule has 4 nitrogen and oxygen atoms in total. The topological polar surface area (TPSA) is 56.0 Å². The van der Waals surface area contributed by atoms with Crippen molar-refractivity contribution in [3.05, 3.63) is 57.4 Å². The fraction of sp³-hybridized carbons (Fsp3) is 0.267. The van der Waals surface area contributed by atoms with E-state index in [0.29, 0.717) is 5.56 Å². The van der Waals surface area contributed by atoms with Crippen LogP contribution >= 0.6 is 0 Å². The zero-order valence-electron chi connectivity index (χ0n) is 11.3. The minimum atomic E-state index is -0.341. The highest BCUT2D eigenvalue weighted by atomic mass is 16.6. The molecular weight excluding hydrogens is 240 g/mol. The zero-order chi connectivity index (χ0) is 14.0.